The van der Waals surface area contributed by atoms with E-state index in [4.69, 9.17) is 4.74 Å². The Morgan fingerprint density at radius 2 is 1.79 bits per heavy atom. The van der Waals surface area contributed by atoms with Crippen LogP contribution in [0.4, 0.5) is 11.4 Å². The van der Waals surface area contributed by atoms with Crippen LogP contribution in [0, 0.1) is 12.8 Å². The molecule has 2 fully saturated rings. The van der Waals surface area contributed by atoms with E-state index in [1.807, 2.05) is 36.1 Å². The standard InChI is InChI=1S/C21H26N4O3S/c1-15-22-14-19(29-15)20(26)23-17-2-4-18(5-3-17)24-8-6-16(7-9-24)21(27)25-10-12-28-13-11-25/h2-5,14,16H,6-13H2,1H3,(H,23,26). The summed E-state index contributed by atoms with van der Waals surface area (Å²) in [4.78, 5) is 33.9. The van der Waals surface area contributed by atoms with Crippen molar-refractivity contribution in [3.63, 3.8) is 0 Å². The fourth-order valence-corrected chi connectivity index (χ4v) is 4.51. The lowest BCUT2D eigenvalue weighted by Crippen LogP contribution is -2.46. The van der Waals surface area contributed by atoms with E-state index in [0.717, 1.165) is 42.3 Å². The first kappa shape index (κ1) is 19.8. The van der Waals surface area contributed by atoms with Crippen molar-refractivity contribution < 1.29 is 14.3 Å². The second-order valence-electron chi connectivity index (χ2n) is 7.44. The van der Waals surface area contributed by atoms with E-state index in [9.17, 15) is 9.59 Å². The SMILES string of the molecule is Cc1ncc(C(=O)Nc2ccc(N3CCC(C(=O)N4CCOCC4)CC3)cc2)s1. The van der Waals surface area contributed by atoms with Crippen molar-refractivity contribution in [2.75, 3.05) is 49.6 Å². The monoisotopic (exact) mass is 414 g/mol. The van der Waals surface area contributed by atoms with Crippen molar-refractivity contribution in [2.45, 2.75) is 19.8 Å². The third kappa shape index (κ3) is 4.76. The molecular weight excluding hydrogens is 388 g/mol. The predicted octanol–water partition coefficient (Wildman–Crippen LogP) is 2.78. The lowest BCUT2D eigenvalue weighted by molar-refractivity contribution is -0.140. The molecule has 154 valence electrons. The lowest BCUT2D eigenvalue weighted by atomic mass is 9.94. The molecule has 0 spiro atoms. The first-order chi connectivity index (χ1) is 14.1. The summed E-state index contributed by atoms with van der Waals surface area (Å²) in [6.45, 7) is 6.35. The van der Waals surface area contributed by atoms with Gasteiger partial charge in [-0.1, -0.05) is 0 Å². The van der Waals surface area contributed by atoms with Gasteiger partial charge in [0.25, 0.3) is 5.91 Å². The van der Waals surface area contributed by atoms with Gasteiger partial charge in [-0.25, -0.2) is 4.98 Å². The van der Waals surface area contributed by atoms with Gasteiger partial charge in [0.15, 0.2) is 0 Å². The van der Waals surface area contributed by atoms with Crippen LogP contribution in [0.15, 0.2) is 30.5 Å². The van der Waals surface area contributed by atoms with Crippen molar-refractivity contribution >= 4 is 34.5 Å². The van der Waals surface area contributed by atoms with Crippen molar-refractivity contribution in [3.8, 4) is 0 Å². The molecule has 3 heterocycles. The van der Waals surface area contributed by atoms with Crippen LogP contribution in [0.25, 0.3) is 0 Å². The van der Waals surface area contributed by atoms with Crippen molar-refractivity contribution in [2.24, 2.45) is 5.92 Å². The zero-order valence-electron chi connectivity index (χ0n) is 16.6. The highest BCUT2D eigenvalue weighted by Crippen LogP contribution is 2.26. The molecule has 7 nitrogen and oxygen atoms in total. The third-order valence-electron chi connectivity index (χ3n) is 5.50. The molecule has 1 N–H and O–H groups in total. The van der Waals surface area contributed by atoms with Gasteiger partial charge in [-0.15, -0.1) is 11.3 Å². The summed E-state index contributed by atoms with van der Waals surface area (Å²) < 4.78 is 5.34. The maximum absolute atomic E-state index is 12.7. The predicted molar refractivity (Wildman–Crippen MR) is 114 cm³/mol. The number of anilines is 2. The molecule has 0 unspecified atom stereocenters. The summed E-state index contributed by atoms with van der Waals surface area (Å²) in [5, 5.41) is 3.79. The number of ether oxygens (including phenoxy) is 1. The van der Waals surface area contributed by atoms with E-state index >= 15 is 0 Å². The Labute approximate surface area is 174 Å². The van der Waals surface area contributed by atoms with Crippen molar-refractivity contribution in [3.05, 3.63) is 40.3 Å². The minimum Gasteiger partial charge on any atom is -0.378 e. The number of nitrogens with one attached hydrogen (secondary N) is 1. The highest BCUT2D eigenvalue weighted by atomic mass is 32.1. The second kappa shape index (κ2) is 8.92. The summed E-state index contributed by atoms with van der Waals surface area (Å²) in [6.07, 6.45) is 3.35. The Hall–Kier alpha value is -2.45. The van der Waals surface area contributed by atoms with Crippen LogP contribution in [0.1, 0.15) is 27.5 Å². The molecule has 2 aromatic rings. The molecule has 1 aromatic carbocycles. The molecule has 2 saturated heterocycles. The summed E-state index contributed by atoms with van der Waals surface area (Å²) in [6, 6.07) is 7.90. The van der Waals surface area contributed by atoms with Gasteiger partial charge >= 0.3 is 0 Å². The van der Waals surface area contributed by atoms with Gasteiger partial charge in [0.1, 0.15) is 4.88 Å². The number of aromatic nitrogens is 1. The van der Waals surface area contributed by atoms with E-state index in [-0.39, 0.29) is 17.7 Å². The first-order valence-electron chi connectivity index (χ1n) is 10.1. The fraction of sp³-hybridized carbons (Fsp3) is 0.476. The van der Waals surface area contributed by atoms with Crippen molar-refractivity contribution in [1.29, 1.82) is 0 Å². The third-order valence-corrected chi connectivity index (χ3v) is 6.41. The van der Waals surface area contributed by atoms with Crippen LogP contribution < -0.4 is 10.2 Å². The van der Waals surface area contributed by atoms with E-state index in [0.29, 0.717) is 31.2 Å². The number of rotatable bonds is 4. The van der Waals surface area contributed by atoms with Gasteiger partial charge in [0, 0.05) is 43.5 Å². The second-order valence-corrected chi connectivity index (χ2v) is 8.68. The Kier molecular flexibility index (Phi) is 6.10. The molecule has 29 heavy (non-hydrogen) atoms. The van der Waals surface area contributed by atoms with Crippen molar-refractivity contribution in [1.82, 2.24) is 9.88 Å². The first-order valence-corrected chi connectivity index (χ1v) is 10.9. The van der Waals surface area contributed by atoms with Gasteiger partial charge in [0.05, 0.1) is 24.4 Å². The van der Waals surface area contributed by atoms with Crippen LogP contribution in [0.3, 0.4) is 0 Å². The van der Waals surface area contributed by atoms with Crippen LogP contribution in [0.5, 0.6) is 0 Å². The van der Waals surface area contributed by atoms with Crippen LogP contribution in [-0.4, -0.2) is 61.1 Å². The molecule has 2 aliphatic heterocycles. The largest absolute Gasteiger partial charge is 0.378 e. The number of thiazole rings is 1. The Morgan fingerprint density at radius 3 is 2.41 bits per heavy atom. The fourth-order valence-electron chi connectivity index (χ4n) is 3.84. The number of carbonyl (C=O) groups excluding carboxylic acids is 2. The molecule has 0 atom stereocenters. The minimum absolute atomic E-state index is 0.116. The lowest BCUT2D eigenvalue weighted by Gasteiger charge is -2.36. The quantitative estimate of drug-likeness (QED) is 0.833. The number of amides is 2. The summed E-state index contributed by atoms with van der Waals surface area (Å²) in [5.74, 6) is 0.265. The molecule has 1 aromatic heterocycles. The molecular formula is C21H26N4O3S. The molecule has 4 rings (SSSR count). The molecule has 8 heteroatoms. The molecule has 0 aliphatic carbocycles. The number of hydrogen-bond acceptors (Lipinski definition) is 6. The minimum atomic E-state index is -0.134. The molecule has 2 aliphatic rings. The van der Waals surface area contributed by atoms with Crippen LogP contribution in [-0.2, 0) is 9.53 Å². The zero-order chi connectivity index (χ0) is 20.2. The van der Waals surface area contributed by atoms with Gasteiger partial charge < -0.3 is 19.9 Å². The van der Waals surface area contributed by atoms with Gasteiger partial charge in [-0.05, 0) is 44.0 Å². The molecule has 0 bridgehead atoms. The summed E-state index contributed by atoms with van der Waals surface area (Å²) in [5.41, 5.74) is 1.89. The number of benzene rings is 1. The maximum atomic E-state index is 12.7. The summed E-state index contributed by atoms with van der Waals surface area (Å²) in [7, 11) is 0. The van der Waals surface area contributed by atoms with E-state index in [2.05, 4.69) is 15.2 Å². The molecule has 0 saturated carbocycles. The highest BCUT2D eigenvalue weighted by molar-refractivity contribution is 7.13. The number of aryl methyl sites for hydroxylation is 1. The zero-order valence-corrected chi connectivity index (χ0v) is 17.4. The Balaban J connectivity index is 1.29. The smallest absolute Gasteiger partial charge is 0.267 e. The number of morpholine rings is 1. The van der Waals surface area contributed by atoms with E-state index in [1.165, 1.54) is 11.3 Å². The van der Waals surface area contributed by atoms with Gasteiger partial charge in [0.2, 0.25) is 5.91 Å². The topological polar surface area (TPSA) is 74.8 Å². The number of nitrogens with zero attached hydrogens (tertiary/aromatic N) is 3. The molecule has 2 amide bonds. The van der Waals surface area contributed by atoms with E-state index < -0.39 is 0 Å². The average Bonchev–Trinajstić information content (AvgIpc) is 3.21. The summed E-state index contributed by atoms with van der Waals surface area (Å²) >= 11 is 1.38. The van der Waals surface area contributed by atoms with Gasteiger partial charge in [-0.2, -0.15) is 0 Å². The Bertz CT molecular complexity index is 853. The number of piperidine rings is 1. The normalized spacial score (nSPS) is 18.0. The average molecular weight is 415 g/mol. The highest BCUT2D eigenvalue weighted by Gasteiger charge is 2.29. The maximum Gasteiger partial charge on any atom is 0.267 e. The number of hydrogen-bond donors (Lipinski definition) is 1. The Morgan fingerprint density at radius 1 is 1.10 bits per heavy atom. The van der Waals surface area contributed by atoms with E-state index in [1.54, 1.807) is 6.20 Å². The number of carbonyl (C=O) groups is 2. The van der Waals surface area contributed by atoms with Crippen LogP contribution >= 0.6 is 11.3 Å². The van der Waals surface area contributed by atoms with Gasteiger partial charge in [-0.3, -0.25) is 9.59 Å². The molecule has 0 radical (unpaired) electrons. The van der Waals surface area contributed by atoms with Crippen LogP contribution in [0.2, 0.25) is 0 Å².